The molecule has 146 valence electrons. The summed E-state index contributed by atoms with van der Waals surface area (Å²) in [5.74, 6) is -1.22. The number of rotatable bonds is 5. The second kappa shape index (κ2) is 8.26. The van der Waals surface area contributed by atoms with Crippen molar-refractivity contribution in [3.63, 3.8) is 0 Å². The largest absolute Gasteiger partial charge is 0.370 e. The number of amides is 2. The molecular formula is C19H19ClN4O4. The molecule has 0 spiro atoms. The van der Waals surface area contributed by atoms with Gasteiger partial charge in [0, 0.05) is 30.8 Å². The number of non-ortho nitro benzene ring substituents is 1. The molecule has 0 aliphatic carbocycles. The van der Waals surface area contributed by atoms with Crippen molar-refractivity contribution < 1.29 is 14.5 Å². The molecule has 2 amide bonds. The van der Waals surface area contributed by atoms with Gasteiger partial charge in [-0.1, -0.05) is 11.6 Å². The molecule has 1 aliphatic heterocycles. The summed E-state index contributed by atoms with van der Waals surface area (Å²) in [4.78, 5) is 36.9. The van der Waals surface area contributed by atoms with E-state index >= 15 is 0 Å². The number of halogens is 1. The minimum Gasteiger partial charge on any atom is -0.370 e. The van der Waals surface area contributed by atoms with Crippen molar-refractivity contribution in [1.82, 2.24) is 0 Å². The Hall–Kier alpha value is -3.13. The van der Waals surface area contributed by atoms with Crippen LogP contribution < -0.4 is 16.0 Å². The molecule has 0 unspecified atom stereocenters. The second-order valence-electron chi connectivity index (χ2n) is 6.52. The number of primary amides is 1. The standard InChI is InChI=1S/C19H19ClN4O4/c20-15-6-5-13(24(27)28)11-14(15)19(26)22-16-10-12(18(21)25)4-7-17(16)23-8-2-1-3-9-23/h4-7,10-11H,1-3,8-9H2,(H2,21,25)(H,22,26). The zero-order valence-corrected chi connectivity index (χ0v) is 15.7. The predicted molar refractivity (Wildman–Crippen MR) is 107 cm³/mol. The number of piperidine rings is 1. The first-order valence-electron chi connectivity index (χ1n) is 8.81. The summed E-state index contributed by atoms with van der Waals surface area (Å²) >= 11 is 6.06. The molecule has 0 bridgehead atoms. The van der Waals surface area contributed by atoms with Crippen LogP contribution in [0.15, 0.2) is 36.4 Å². The van der Waals surface area contributed by atoms with Crippen LogP contribution in [-0.4, -0.2) is 29.8 Å². The maximum absolute atomic E-state index is 12.8. The summed E-state index contributed by atoms with van der Waals surface area (Å²) in [6.07, 6.45) is 3.20. The van der Waals surface area contributed by atoms with Crippen molar-refractivity contribution >= 4 is 40.5 Å². The number of nitro groups is 1. The third-order valence-electron chi connectivity index (χ3n) is 4.63. The zero-order chi connectivity index (χ0) is 20.3. The molecule has 0 radical (unpaired) electrons. The first-order chi connectivity index (χ1) is 13.4. The summed E-state index contributed by atoms with van der Waals surface area (Å²) in [5.41, 5.74) is 6.53. The Bertz CT molecular complexity index is 942. The number of nitrogens with two attached hydrogens (primary N) is 1. The number of hydrogen-bond donors (Lipinski definition) is 2. The number of anilines is 2. The molecule has 8 nitrogen and oxygen atoms in total. The van der Waals surface area contributed by atoms with Crippen LogP contribution >= 0.6 is 11.6 Å². The topological polar surface area (TPSA) is 119 Å². The molecule has 1 heterocycles. The normalized spacial score (nSPS) is 13.8. The van der Waals surface area contributed by atoms with Gasteiger partial charge in [-0.3, -0.25) is 19.7 Å². The van der Waals surface area contributed by atoms with Crippen LogP contribution in [0.4, 0.5) is 17.1 Å². The smallest absolute Gasteiger partial charge is 0.270 e. The van der Waals surface area contributed by atoms with E-state index in [4.69, 9.17) is 17.3 Å². The van der Waals surface area contributed by atoms with E-state index in [1.54, 1.807) is 12.1 Å². The number of carbonyl (C=O) groups is 2. The predicted octanol–water partition coefficient (Wildman–Crippen LogP) is 3.59. The molecule has 2 aromatic carbocycles. The van der Waals surface area contributed by atoms with Crippen molar-refractivity contribution in [1.29, 1.82) is 0 Å². The van der Waals surface area contributed by atoms with Crippen molar-refractivity contribution in [3.8, 4) is 0 Å². The lowest BCUT2D eigenvalue weighted by Gasteiger charge is -2.30. The van der Waals surface area contributed by atoms with E-state index in [2.05, 4.69) is 10.2 Å². The van der Waals surface area contributed by atoms with Gasteiger partial charge in [0.25, 0.3) is 11.6 Å². The SMILES string of the molecule is NC(=O)c1ccc(N2CCCCC2)c(NC(=O)c2cc([N+](=O)[O-])ccc2Cl)c1. The summed E-state index contributed by atoms with van der Waals surface area (Å²) in [6, 6.07) is 8.52. The van der Waals surface area contributed by atoms with Gasteiger partial charge in [0.1, 0.15) is 0 Å². The van der Waals surface area contributed by atoms with Gasteiger partial charge in [0.05, 0.1) is 26.9 Å². The number of hydrogen-bond acceptors (Lipinski definition) is 5. The Morgan fingerprint density at radius 2 is 1.82 bits per heavy atom. The molecule has 1 fully saturated rings. The Morgan fingerprint density at radius 1 is 1.11 bits per heavy atom. The maximum atomic E-state index is 12.8. The minimum absolute atomic E-state index is 0.0232. The summed E-state index contributed by atoms with van der Waals surface area (Å²) < 4.78 is 0. The zero-order valence-electron chi connectivity index (χ0n) is 15.0. The van der Waals surface area contributed by atoms with Gasteiger partial charge in [-0.25, -0.2) is 0 Å². The molecule has 2 aromatic rings. The Labute approximate surface area is 166 Å². The molecule has 0 atom stereocenters. The molecule has 9 heteroatoms. The highest BCUT2D eigenvalue weighted by Gasteiger charge is 2.20. The van der Waals surface area contributed by atoms with Gasteiger partial charge in [0.15, 0.2) is 0 Å². The Balaban J connectivity index is 1.96. The highest BCUT2D eigenvalue weighted by Crippen LogP contribution is 2.31. The number of nitrogens with zero attached hydrogens (tertiary/aromatic N) is 2. The van der Waals surface area contributed by atoms with E-state index in [0.29, 0.717) is 5.69 Å². The molecule has 28 heavy (non-hydrogen) atoms. The lowest BCUT2D eigenvalue weighted by molar-refractivity contribution is -0.384. The lowest BCUT2D eigenvalue weighted by atomic mass is 10.1. The maximum Gasteiger partial charge on any atom is 0.270 e. The Morgan fingerprint density at radius 3 is 2.46 bits per heavy atom. The summed E-state index contributed by atoms with van der Waals surface area (Å²) in [7, 11) is 0. The summed E-state index contributed by atoms with van der Waals surface area (Å²) in [6.45, 7) is 1.66. The number of nitro benzene ring substituents is 1. The first-order valence-corrected chi connectivity index (χ1v) is 9.18. The summed E-state index contributed by atoms with van der Waals surface area (Å²) in [5, 5.41) is 13.8. The van der Waals surface area contributed by atoms with Gasteiger partial charge < -0.3 is 16.0 Å². The second-order valence-corrected chi connectivity index (χ2v) is 6.93. The monoisotopic (exact) mass is 402 g/mol. The van der Waals surface area contributed by atoms with Crippen molar-refractivity contribution in [2.75, 3.05) is 23.3 Å². The fourth-order valence-electron chi connectivity index (χ4n) is 3.19. The van der Waals surface area contributed by atoms with Gasteiger partial charge in [-0.05, 0) is 43.5 Å². The van der Waals surface area contributed by atoms with E-state index in [9.17, 15) is 19.7 Å². The van der Waals surface area contributed by atoms with E-state index in [1.807, 2.05) is 0 Å². The van der Waals surface area contributed by atoms with Crippen molar-refractivity contribution in [2.45, 2.75) is 19.3 Å². The average Bonchev–Trinajstić information content (AvgIpc) is 2.68. The van der Waals surface area contributed by atoms with E-state index < -0.39 is 16.7 Å². The van der Waals surface area contributed by atoms with E-state index in [1.165, 1.54) is 18.2 Å². The molecule has 3 rings (SSSR count). The van der Waals surface area contributed by atoms with Crippen LogP contribution in [0.1, 0.15) is 40.0 Å². The van der Waals surface area contributed by atoms with E-state index in [-0.39, 0.29) is 21.8 Å². The van der Waals surface area contributed by atoms with Crippen molar-refractivity contribution in [2.24, 2.45) is 5.73 Å². The van der Waals surface area contributed by atoms with Crippen LogP contribution in [-0.2, 0) is 0 Å². The van der Waals surface area contributed by atoms with E-state index in [0.717, 1.165) is 44.1 Å². The fraction of sp³-hybridized carbons (Fsp3) is 0.263. The molecule has 3 N–H and O–H groups in total. The third-order valence-corrected chi connectivity index (χ3v) is 4.96. The number of carbonyl (C=O) groups excluding carboxylic acids is 2. The van der Waals surface area contributed by atoms with Crippen LogP contribution in [0.5, 0.6) is 0 Å². The fourth-order valence-corrected chi connectivity index (χ4v) is 3.39. The lowest BCUT2D eigenvalue weighted by Crippen LogP contribution is -2.30. The van der Waals surface area contributed by atoms with Gasteiger partial charge >= 0.3 is 0 Å². The molecule has 0 saturated carbocycles. The van der Waals surface area contributed by atoms with Crippen LogP contribution in [0, 0.1) is 10.1 Å². The molecular weight excluding hydrogens is 384 g/mol. The minimum atomic E-state index is -0.617. The number of nitrogens with one attached hydrogen (secondary N) is 1. The van der Waals surface area contributed by atoms with Crippen molar-refractivity contribution in [3.05, 3.63) is 62.7 Å². The Kier molecular flexibility index (Phi) is 5.79. The van der Waals surface area contributed by atoms with Gasteiger partial charge in [-0.15, -0.1) is 0 Å². The molecule has 1 saturated heterocycles. The highest BCUT2D eigenvalue weighted by atomic mass is 35.5. The highest BCUT2D eigenvalue weighted by molar-refractivity contribution is 6.34. The molecule has 0 aromatic heterocycles. The van der Waals surface area contributed by atoms with Gasteiger partial charge in [0.2, 0.25) is 5.91 Å². The van der Waals surface area contributed by atoms with Gasteiger partial charge in [-0.2, -0.15) is 0 Å². The first kappa shape index (κ1) is 19.6. The van der Waals surface area contributed by atoms with Crippen LogP contribution in [0.3, 0.4) is 0 Å². The number of benzene rings is 2. The quantitative estimate of drug-likeness (QED) is 0.585. The van der Waals surface area contributed by atoms with Crippen LogP contribution in [0.25, 0.3) is 0 Å². The third kappa shape index (κ3) is 4.23. The molecule has 1 aliphatic rings. The average molecular weight is 403 g/mol. The van der Waals surface area contributed by atoms with Crippen LogP contribution in [0.2, 0.25) is 5.02 Å².